The lowest BCUT2D eigenvalue weighted by Crippen LogP contribution is -2.29. The van der Waals surface area contributed by atoms with Gasteiger partial charge < -0.3 is 10.2 Å². The highest BCUT2D eigenvalue weighted by atomic mass is 15.2. The van der Waals surface area contributed by atoms with E-state index in [1.54, 1.807) is 0 Å². The van der Waals surface area contributed by atoms with Crippen LogP contribution in [0.3, 0.4) is 0 Å². The van der Waals surface area contributed by atoms with E-state index in [4.69, 9.17) is 4.98 Å². The first-order chi connectivity index (χ1) is 10.1. The number of hydrogen-bond acceptors (Lipinski definition) is 3. The molecule has 0 radical (unpaired) electrons. The van der Waals surface area contributed by atoms with E-state index >= 15 is 0 Å². The van der Waals surface area contributed by atoms with Crippen LogP contribution < -0.4 is 10.2 Å². The van der Waals surface area contributed by atoms with Crippen LogP contribution in [-0.4, -0.2) is 24.1 Å². The summed E-state index contributed by atoms with van der Waals surface area (Å²) in [6.07, 6.45) is 6.16. The Kier molecular flexibility index (Phi) is 4.29. The molecule has 0 spiro atoms. The van der Waals surface area contributed by atoms with Gasteiger partial charge >= 0.3 is 0 Å². The Bertz CT molecular complexity index is 529. The first kappa shape index (κ1) is 14.6. The number of nitrogens with one attached hydrogen (secondary N) is 1. The van der Waals surface area contributed by atoms with Gasteiger partial charge in [0.25, 0.3) is 0 Å². The Morgan fingerprint density at radius 1 is 1.33 bits per heavy atom. The van der Waals surface area contributed by atoms with Gasteiger partial charge in [0, 0.05) is 31.4 Å². The molecule has 1 saturated carbocycles. The number of aromatic nitrogens is 1. The molecule has 2 aliphatic rings. The molecule has 1 aliphatic carbocycles. The van der Waals surface area contributed by atoms with E-state index in [2.05, 4.69) is 49.2 Å². The van der Waals surface area contributed by atoms with Crippen molar-refractivity contribution in [2.24, 2.45) is 0 Å². The van der Waals surface area contributed by atoms with Crippen molar-refractivity contribution in [1.29, 1.82) is 0 Å². The van der Waals surface area contributed by atoms with E-state index in [0.717, 1.165) is 37.9 Å². The first-order valence-electron chi connectivity index (χ1n) is 8.26. The van der Waals surface area contributed by atoms with E-state index in [0.29, 0.717) is 5.92 Å². The van der Waals surface area contributed by atoms with Crippen molar-refractivity contribution >= 4 is 5.82 Å². The van der Waals surface area contributed by atoms with Crippen molar-refractivity contribution in [3.8, 4) is 0 Å². The molecule has 1 aliphatic heterocycles. The van der Waals surface area contributed by atoms with Crippen LogP contribution in [0, 0.1) is 0 Å². The summed E-state index contributed by atoms with van der Waals surface area (Å²) < 4.78 is 0. The van der Waals surface area contributed by atoms with Crippen molar-refractivity contribution in [3.63, 3.8) is 0 Å². The average molecular weight is 285 g/mol. The monoisotopic (exact) mass is 285 g/mol. The Balaban J connectivity index is 1.80. The maximum absolute atomic E-state index is 4.89. The second kappa shape index (κ2) is 6.18. The van der Waals surface area contributed by atoms with Crippen molar-refractivity contribution in [1.82, 2.24) is 10.3 Å². The zero-order chi connectivity index (χ0) is 14.8. The summed E-state index contributed by atoms with van der Waals surface area (Å²) in [6, 6.07) is 5.30. The molecule has 0 atom stereocenters. The molecule has 2 heterocycles. The van der Waals surface area contributed by atoms with Gasteiger partial charge in [-0.15, -0.1) is 0 Å². The number of pyridine rings is 1. The molecule has 1 N–H and O–H groups in total. The third kappa shape index (κ3) is 3.85. The van der Waals surface area contributed by atoms with Crippen LogP contribution in [0.1, 0.15) is 57.2 Å². The van der Waals surface area contributed by atoms with E-state index < -0.39 is 0 Å². The number of nitrogens with zero attached hydrogens (tertiary/aromatic N) is 2. The predicted octanol–water partition coefficient (Wildman–Crippen LogP) is 3.61. The summed E-state index contributed by atoms with van der Waals surface area (Å²) in [5.74, 6) is 1.63. The van der Waals surface area contributed by atoms with Crippen molar-refractivity contribution in [2.75, 3.05) is 18.0 Å². The van der Waals surface area contributed by atoms with Crippen LogP contribution in [0.2, 0.25) is 0 Å². The second-order valence-corrected chi connectivity index (χ2v) is 6.81. The van der Waals surface area contributed by atoms with Crippen LogP contribution in [0.25, 0.3) is 0 Å². The molecule has 114 valence electrons. The minimum absolute atomic E-state index is 0.478. The molecule has 1 fully saturated rings. The van der Waals surface area contributed by atoms with E-state index in [-0.39, 0.29) is 0 Å². The van der Waals surface area contributed by atoms with Gasteiger partial charge in [-0.1, -0.05) is 25.5 Å². The van der Waals surface area contributed by atoms with Gasteiger partial charge in [0.1, 0.15) is 5.82 Å². The van der Waals surface area contributed by atoms with Crippen LogP contribution in [0.5, 0.6) is 0 Å². The van der Waals surface area contributed by atoms with E-state index in [1.165, 1.54) is 29.7 Å². The highest BCUT2D eigenvalue weighted by Gasteiger charge is 2.20. The fourth-order valence-electron chi connectivity index (χ4n) is 2.68. The summed E-state index contributed by atoms with van der Waals surface area (Å²) in [5, 5.41) is 3.62. The highest BCUT2D eigenvalue weighted by molar-refractivity contribution is 5.45. The number of rotatable bonds is 5. The molecule has 0 aromatic carbocycles. The maximum atomic E-state index is 4.89. The molecule has 3 nitrogen and oxygen atoms in total. The summed E-state index contributed by atoms with van der Waals surface area (Å²) >= 11 is 0. The summed E-state index contributed by atoms with van der Waals surface area (Å²) in [7, 11) is 0. The first-order valence-corrected chi connectivity index (χ1v) is 8.26. The Morgan fingerprint density at radius 2 is 2.14 bits per heavy atom. The van der Waals surface area contributed by atoms with E-state index in [9.17, 15) is 0 Å². The van der Waals surface area contributed by atoms with Gasteiger partial charge in [0.2, 0.25) is 0 Å². The molecular weight excluding hydrogens is 258 g/mol. The summed E-state index contributed by atoms with van der Waals surface area (Å²) in [5.41, 5.74) is 4.09. The van der Waals surface area contributed by atoms with Gasteiger partial charge in [0.05, 0.1) is 0 Å². The Hall–Kier alpha value is -1.35. The SMILES string of the molecule is CC1=CCN(c2cc(CNC3CC3)cc(C(C)C)n2)CC1. The topological polar surface area (TPSA) is 28.2 Å². The second-order valence-electron chi connectivity index (χ2n) is 6.81. The largest absolute Gasteiger partial charge is 0.353 e. The molecule has 0 unspecified atom stereocenters. The van der Waals surface area contributed by atoms with Crippen LogP contribution >= 0.6 is 0 Å². The minimum atomic E-state index is 0.478. The average Bonchev–Trinajstić information content (AvgIpc) is 3.30. The minimum Gasteiger partial charge on any atom is -0.353 e. The maximum Gasteiger partial charge on any atom is 0.129 e. The number of anilines is 1. The van der Waals surface area contributed by atoms with Crippen LogP contribution in [-0.2, 0) is 6.54 Å². The molecule has 0 amide bonds. The van der Waals surface area contributed by atoms with Gasteiger partial charge in [-0.05, 0) is 49.8 Å². The molecule has 3 rings (SSSR count). The quantitative estimate of drug-likeness (QED) is 0.838. The van der Waals surface area contributed by atoms with E-state index in [1.807, 2.05) is 0 Å². The van der Waals surface area contributed by atoms with Gasteiger partial charge in [-0.3, -0.25) is 0 Å². The fraction of sp³-hybridized carbons (Fsp3) is 0.611. The van der Waals surface area contributed by atoms with Crippen molar-refractivity contribution in [3.05, 3.63) is 35.0 Å². The third-order valence-corrected chi connectivity index (χ3v) is 4.42. The lowest BCUT2D eigenvalue weighted by atomic mass is 10.1. The fourth-order valence-corrected chi connectivity index (χ4v) is 2.68. The van der Waals surface area contributed by atoms with Crippen LogP contribution in [0.15, 0.2) is 23.8 Å². The molecule has 1 aromatic rings. The van der Waals surface area contributed by atoms with Gasteiger partial charge in [-0.2, -0.15) is 0 Å². The standard InChI is InChI=1S/C18H27N3/c1-13(2)17-10-15(12-19-16-4-5-16)11-18(20-17)21-8-6-14(3)7-9-21/h6,10-11,13,16,19H,4-5,7-9,12H2,1-3H3. The Labute approximate surface area is 128 Å². The predicted molar refractivity (Wildman–Crippen MR) is 88.8 cm³/mol. The molecule has 0 bridgehead atoms. The molecule has 1 aromatic heterocycles. The zero-order valence-corrected chi connectivity index (χ0v) is 13.5. The van der Waals surface area contributed by atoms with Crippen molar-refractivity contribution < 1.29 is 0 Å². The van der Waals surface area contributed by atoms with Gasteiger partial charge in [-0.25, -0.2) is 4.98 Å². The van der Waals surface area contributed by atoms with Gasteiger partial charge in [0.15, 0.2) is 0 Å². The number of hydrogen-bond donors (Lipinski definition) is 1. The highest BCUT2D eigenvalue weighted by Crippen LogP contribution is 2.24. The third-order valence-electron chi connectivity index (χ3n) is 4.42. The normalized spacial score (nSPS) is 19.0. The molecule has 0 saturated heterocycles. The van der Waals surface area contributed by atoms with Crippen LogP contribution in [0.4, 0.5) is 5.82 Å². The summed E-state index contributed by atoms with van der Waals surface area (Å²) in [6.45, 7) is 9.74. The summed E-state index contributed by atoms with van der Waals surface area (Å²) in [4.78, 5) is 7.30. The lowest BCUT2D eigenvalue weighted by Gasteiger charge is -2.27. The smallest absolute Gasteiger partial charge is 0.129 e. The molecular formula is C18H27N3. The zero-order valence-electron chi connectivity index (χ0n) is 13.5. The Morgan fingerprint density at radius 3 is 2.76 bits per heavy atom. The molecule has 21 heavy (non-hydrogen) atoms. The molecule has 3 heteroatoms. The van der Waals surface area contributed by atoms with Crippen molar-refractivity contribution in [2.45, 2.75) is 58.5 Å². The lowest BCUT2D eigenvalue weighted by molar-refractivity contribution is 0.681.